The lowest BCUT2D eigenvalue weighted by atomic mass is 10.2. The molecule has 4 nitrogen and oxygen atoms in total. The molecule has 0 spiro atoms. The van der Waals surface area contributed by atoms with Crippen LogP contribution in [0, 0.1) is 0 Å². The maximum absolute atomic E-state index is 6.25. The maximum atomic E-state index is 6.25. The van der Waals surface area contributed by atoms with Crippen LogP contribution in [-0.4, -0.2) is 29.3 Å². The molecule has 1 atom stereocenters. The van der Waals surface area contributed by atoms with Crippen LogP contribution in [0.5, 0.6) is 0 Å². The lowest BCUT2D eigenvalue weighted by Gasteiger charge is -2.14. The van der Waals surface area contributed by atoms with Crippen molar-refractivity contribution in [1.82, 2.24) is 9.78 Å². The molecular formula is C14H18ClN3OS. The van der Waals surface area contributed by atoms with Gasteiger partial charge < -0.3 is 10.5 Å². The summed E-state index contributed by atoms with van der Waals surface area (Å²) in [5, 5.41) is 4.86. The number of halogens is 1. The number of thioether (sulfide) groups is 1. The molecule has 0 fully saturated rings. The Bertz CT molecular complexity index is 532. The van der Waals surface area contributed by atoms with Gasteiger partial charge in [-0.05, 0) is 12.1 Å². The van der Waals surface area contributed by atoms with E-state index >= 15 is 0 Å². The fourth-order valence-corrected chi connectivity index (χ4v) is 3.04. The van der Waals surface area contributed by atoms with Gasteiger partial charge in [0.2, 0.25) is 0 Å². The van der Waals surface area contributed by atoms with Gasteiger partial charge in [0.1, 0.15) is 0 Å². The Morgan fingerprint density at radius 1 is 1.40 bits per heavy atom. The van der Waals surface area contributed by atoms with Crippen molar-refractivity contribution in [2.24, 2.45) is 5.73 Å². The molecule has 20 heavy (non-hydrogen) atoms. The Kier molecular flexibility index (Phi) is 5.91. The molecule has 108 valence electrons. The molecule has 6 heteroatoms. The summed E-state index contributed by atoms with van der Waals surface area (Å²) in [6, 6.07) is 10.0. The fraction of sp³-hybridized carbons (Fsp3) is 0.357. The number of rotatable bonds is 7. The average Bonchev–Trinajstić information content (AvgIpc) is 2.84. The number of benzene rings is 1. The van der Waals surface area contributed by atoms with Gasteiger partial charge in [0.15, 0.2) is 0 Å². The first-order valence-corrected chi connectivity index (χ1v) is 7.72. The molecule has 1 aromatic carbocycles. The quantitative estimate of drug-likeness (QED) is 0.799. The van der Waals surface area contributed by atoms with E-state index in [1.807, 2.05) is 22.9 Å². The van der Waals surface area contributed by atoms with Crippen molar-refractivity contribution in [2.75, 3.05) is 19.5 Å². The van der Waals surface area contributed by atoms with Crippen LogP contribution in [0.4, 0.5) is 0 Å². The minimum atomic E-state index is -0.160. The van der Waals surface area contributed by atoms with E-state index in [1.165, 1.54) is 4.90 Å². The van der Waals surface area contributed by atoms with Gasteiger partial charge >= 0.3 is 0 Å². The zero-order valence-electron chi connectivity index (χ0n) is 11.3. The molecule has 0 saturated heterocycles. The first-order valence-electron chi connectivity index (χ1n) is 6.36. The topological polar surface area (TPSA) is 53.1 Å². The van der Waals surface area contributed by atoms with E-state index in [1.54, 1.807) is 25.1 Å². The monoisotopic (exact) mass is 311 g/mol. The molecule has 0 radical (unpaired) electrons. The van der Waals surface area contributed by atoms with Crippen LogP contribution in [0.2, 0.25) is 5.02 Å². The van der Waals surface area contributed by atoms with E-state index in [0.717, 1.165) is 11.4 Å². The Labute approximate surface area is 128 Å². The zero-order valence-corrected chi connectivity index (χ0v) is 12.9. The van der Waals surface area contributed by atoms with Crippen molar-refractivity contribution in [1.29, 1.82) is 0 Å². The molecule has 0 saturated carbocycles. The van der Waals surface area contributed by atoms with Gasteiger partial charge in [-0.3, -0.25) is 4.68 Å². The van der Waals surface area contributed by atoms with Crippen molar-refractivity contribution >= 4 is 23.4 Å². The molecule has 0 bridgehead atoms. The smallest absolute Gasteiger partial charge is 0.0834 e. The van der Waals surface area contributed by atoms with E-state index in [4.69, 9.17) is 22.1 Å². The van der Waals surface area contributed by atoms with E-state index < -0.39 is 0 Å². The van der Waals surface area contributed by atoms with E-state index in [9.17, 15) is 0 Å². The molecule has 2 N–H and O–H groups in total. The highest BCUT2D eigenvalue weighted by molar-refractivity contribution is 7.99. The summed E-state index contributed by atoms with van der Waals surface area (Å²) in [4.78, 5) is 1.20. The number of nitrogens with zero attached hydrogens (tertiary/aromatic N) is 2. The number of methoxy groups -OCH3 is 1. The van der Waals surface area contributed by atoms with Gasteiger partial charge in [0.05, 0.1) is 36.1 Å². The molecule has 2 aromatic rings. The molecule has 0 amide bonds. The summed E-state index contributed by atoms with van der Waals surface area (Å²) >= 11 is 7.90. The second-order valence-electron chi connectivity index (χ2n) is 4.32. The largest absolute Gasteiger partial charge is 0.383 e. The summed E-state index contributed by atoms with van der Waals surface area (Å²) in [6.07, 6.45) is 1.64. The standard InChI is InChI=1S/C14H18ClN3OS/c1-19-8-7-18-14(12(15)9-17-18)13(16)10-20-11-5-3-2-4-6-11/h2-6,9,13H,7-8,10,16H2,1H3. The van der Waals surface area contributed by atoms with Gasteiger partial charge in [0, 0.05) is 17.8 Å². The van der Waals surface area contributed by atoms with Crippen LogP contribution in [0.15, 0.2) is 41.4 Å². The highest BCUT2D eigenvalue weighted by Crippen LogP contribution is 2.27. The molecule has 1 heterocycles. The van der Waals surface area contributed by atoms with Gasteiger partial charge in [-0.2, -0.15) is 5.10 Å². The summed E-state index contributed by atoms with van der Waals surface area (Å²) < 4.78 is 6.89. The number of hydrogen-bond acceptors (Lipinski definition) is 4. The number of nitrogens with two attached hydrogens (primary N) is 1. The van der Waals surface area contributed by atoms with Crippen molar-refractivity contribution in [3.05, 3.63) is 47.2 Å². The molecule has 1 unspecified atom stereocenters. The minimum Gasteiger partial charge on any atom is -0.383 e. The highest BCUT2D eigenvalue weighted by atomic mass is 35.5. The van der Waals surface area contributed by atoms with Crippen LogP contribution in [0.1, 0.15) is 11.7 Å². The third-order valence-electron chi connectivity index (χ3n) is 2.86. The summed E-state index contributed by atoms with van der Waals surface area (Å²) in [7, 11) is 1.66. The van der Waals surface area contributed by atoms with Crippen molar-refractivity contribution in [3.63, 3.8) is 0 Å². The van der Waals surface area contributed by atoms with E-state index in [-0.39, 0.29) is 6.04 Å². The third-order valence-corrected chi connectivity index (χ3v) is 4.29. The van der Waals surface area contributed by atoms with E-state index in [0.29, 0.717) is 18.2 Å². The van der Waals surface area contributed by atoms with Crippen LogP contribution in [0.3, 0.4) is 0 Å². The van der Waals surface area contributed by atoms with Gasteiger partial charge in [0.25, 0.3) is 0 Å². The zero-order chi connectivity index (χ0) is 14.4. The lowest BCUT2D eigenvalue weighted by Crippen LogP contribution is -2.20. The average molecular weight is 312 g/mol. The highest BCUT2D eigenvalue weighted by Gasteiger charge is 2.17. The van der Waals surface area contributed by atoms with Crippen LogP contribution >= 0.6 is 23.4 Å². The van der Waals surface area contributed by atoms with E-state index in [2.05, 4.69) is 17.2 Å². The summed E-state index contributed by atoms with van der Waals surface area (Å²) in [5.74, 6) is 0.752. The number of hydrogen-bond donors (Lipinski definition) is 1. The first-order chi connectivity index (χ1) is 9.72. The van der Waals surface area contributed by atoms with Crippen LogP contribution < -0.4 is 5.73 Å². The first kappa shape index (κ1) is 15.4. The van der Waals surface area contributed by atoms with Crippen LogP contribution in [-0.2, 0) is 11.3 Å². The molecule has 2 rings (SSSR count). The van der Waals surface area contributed by atoms with Crippen molar-refractivity contribution in [3.8, 4) is 0 Å². The van der Waals surface area contributed by atoms with Gasteiger partial charge in [-0.1, -0.05) is 29.8 Å². The van der Waals surface area contributed by atoms with Crippen LogP contribution in [0.25, 0.3) is 0 Å². The Hall–Kier alpha value is -1.01. The predicted molar refractivity (Wildman–Crippen MR) is 83.2 cm³/mol. The number of aromatic nitrogens is 2. The molecule has 0 aliphatic heterocycles. The maximum Gasteiger partial charge on any atom is 0.0834 e. The molecular weight excluding hydrogens is 294 g/mol. The Morgan fingerprint density at radius 3 is 2.85 bits per heavy atom. The SMILES string of the molecule is COCCn1ncc(Cl)c1C(N)CSc1ccccc1. The molecule has 0 aliphatic carbocycles. The fourth-order valence-electron chi connectivity index (χ4n) is 1.88. The van der Waals surface area contributed by atoms with Crippen molar-refractivity contribution < 1.29 is 4.74 Å². The molecule has 0 aliphatic rings. The Morgan fingerprint density at radius 2 is 2.15 bits per heavy atom. The summed E-state index contributed by atoms with van der Waals surface area (Å²) in [5.41, 5.74) is 7.12. The van der Waals surface area contributed by atoms with Crippen molar-refractivity contribution in [2.45, 2.75) is 17.5 Å². The normalized spacial score (nSPS) is 12.6. The lowest BCUT2D eigenvalue weighted by molar-refractivity contribution is 0.182. The Balaban J connectivity index is 2.01. The predicted octanol–water partition coefficient (Wildman–Crippen LogP) is 2.98. The third kappa shape index (κ3) is 3.99. The second-order valence-corrected chi connectivity index (χ2v) is 5.82. The van der Waals surface area contributed by atoms with Gasteiger partial charge in [-0.15, -0.1) is 11.8 Å². The summed E-state index contributed by atoms with van der Waals surface area (Å²) in [6.45, 7) is 1.24. The number of ether oxygens (including phenoxy) is 1. The van der Waals surface area contributed by atoms with Gasteiger partial charge in [-0.25, -0.2) is 0 Å². The molecule has 1 aromatic heterocycles. The second kappa shape index (κ2) is 7.69. The minimum absolute atomic E-state index is 0.160.